The van der Waals surface area contributed by atoms with Gasteiger partial charge in [0.05, 0.1) is 4.92 Å². The maximum atomic E-state index is 10.9. The summed E-state index contributed by atoms with van der Waals surface area (Å²) in [4.78, 5) is 11.6. The Labute approximate surface area is 185 Å². The quantitative estimate of drug-likeness (QED) is 0.315. The summed E-state index contributed by atoms with van der Waals surface area (Å²) in [6, 6.07) is 13.0. The highest BCUT2D eigenvalue weighted by Gasteiger charge is 2.54. The van der Waals surface area contributed by atoms with Gasteiger partial charge in [0, 0.05) is 22.3 Å². The molecule has 0 saturated heterocycles. The number of rotatable bonds is 4. The van der Waals surface area contributed by atoms with Crippen LogP contribution in [0.2, 0.25) is 0 Å². The van der Waals surface area contributed by atoms with Crippen LogP contribution in [0.1, 0.15) is 56.1 Å². The van der Waals surface area contributed by atoms with Crippen molar-refractivity contribution >= 4 is 27.3 Å². The third-order valence-corrected chi connectivity index (χ3v) is 11.1. The maximum Gasteiger partial charge on any atom is 0.269 e. The summed E-state index contributed by atoms with van der Waals surface area (Å²) in [6.07, 6.45) is 7.41. The van der Waals surface area contributed by atoms with Crippen molar-refractivity contribution in [3.8, 4) is 5.75 Å². The molecular formula is C24H27NO3S2. The first-order valence-corrected chi connectivity index (χ1v) is 13.1. The Balaban J connectivity index is 1.29. The first kappa shape index (κ1) is 20.3. The number of phenolic OH excluding ortho intramolecular Hbond substituents is 1. The number of nitro groups is 1. The zero-order chi connectivity index (χ0) is 20.9. The van der Waals surface area contributed by atoms with Gasteiger partial charge in [0.25, 0.3) is 5.69 Å². The highest BCUT2D eigenvalue weighted by Crippen LogP contribution is 2.64. The monoisotopic (exact) mass is 441 g/mol. The molecule has 0 aromatic heterocycles. The average Bonchev–Trinajstić information content (AvgIpc) is 3.08. The van der Waals surface area contributed by atoms with E-state index in [9.17, 15) is 15.2 Å². The summed E-state index contributed by atoms with van der Waals surface area (Å²) in [5.74, 6) is 2.58. The SMILES string of the molecule is C[C@]12CC[C@@H]3c4ccc(O)cc4CC[C@H]3[C@@H]1CCC2SSc1ccc([N+](=O)[O-])cc1. The van der Waals surface area contributed by atoms with E-state index in [1.54, 1.807) is 22.9 Å². The molecule has 0 bridgehead atoms. The minimum absolute atomic E-state index is 0.154. The van der Waals surface area contributed by atoms with Crippen LogP contribution in [-0.4, -0.2) is 15.3 Å². The second kappa shape index (κ2) is 7.79. The molecule has 0 radical (unpaired) electrons. The third kappa shape index (κ3) is 3.42. The lowest BCUT2D eigenvalue weighted by Gasteiger charge is -2.50. The number of aryl methyl sites for hydroxylation is 1. The third-order valence-electron chi connectivity index (χ3n) is 7.93. The number of aromatic hydroxyl groups is 1. The molecule has 0 amide bonds. The number of nitro benzene ring substituents is 1. The molecule has 30 heavy (non-hydrogen) atoms. The molecule has 2 aromatic carbocycles. The molecule has 1 N–H and O–H groups in total. The second-order valence-electron chi connectivity index (χ2n) is 9.34. The molecular weight excluding hydrogens is 414 g/mol. The second-order valence-corrected chi connectivity index (χ2v) is 11.8. The molecule has 0 aliphatic heterocycles. The van der Waals surface area contributed by atoms with Crippen molar-refractivity contribution < 1.29 is 10.0 Å². The Morgan fingerprint density at radius 2 is 1.90 bits per heavy atom. The molecule has 1 unspecified atom stereocenters. The molecule has 4 nitrogen and oxygen atoms in total. The van der Waals surface area contributed by atoms with E-state index in [0.29, 0.717) is 22.3 Å². The number of fused-ring (bicyclic) bond motifs is 5. The van der Waals surface area contributed by atoms with E-state index in [-0.39, 0.29) is 10.6 Å². The summed E-state index contributed by atoms with van der Waals surface area (Å²) in [5, 5.41) is 21.4. The van der Waals surface area contributed by atoms with Crippen molar-refractivity contribution in [1.29, 1.82) is 0 Å². The smallest absolute Gasteiger partial charge is 0.269 e. The molecule has 3 aliphatic carbocycles. The number of hydrogen-bond acceptors (Lipinski definition) is 5. The highest BCUT2D eigenvalue weighted by atomic mass is 33.1. The van der Waals surface area contributed by atoms with E-state index < -0.39 is 0 Å². The first-order chi connectivity index (χ1) is 14.5. The van der Waals surface area contributed by atoms with Crippen LogP contribution < -0.4 is 0 Å². The fourth-order valence-electron chi connectivity index (χ4n) is 6.42. The maximum absolute atomic E-state index is 10.9. The minimum atomic E-state index is -0.341. The average molecular weight is 442 g/mol. The fraction of sp³-hybridized carbons (Fsp3) is 0.500. The Bertz CT molecular complexity index is 963. The van der Waals surface area contributed by atoms with Crippen LogP contribution in [0, 0.1) is 27.4 Å². The lowest BCUT2D eigenvalue weighted by molar-refractivity contribution is -0.384. The van der Waals surface area contributed by atoms with Crippen molar-refractivity contribution in [2.75, 3.05) is 0 Å². The highest BCUT2D eigenvalue weighted by molar-refractivity contribution is 8.77. The minimum Gasteiger partial charge on any atom is -0.508 e. The van der Waals surface area contributed by atoms with Crippen LogP contribution in [0.4, 0.5) is 5.69 Å². The van der Waals surface area contributed by atoms with Gasteiger partial charge < -0.3 is 5.11 Å². The number of non-ortho nitro benzene ring substituents is 1. The first-order valence-electron chi connectivity index (χ1n) is 10.9. The Hall–Kier alpha value is -1.66. The van der Waals surface area contributed by atoms with E-state index in [1.807, 2.05) is 35.1 Å². The lowest BCUT2D eigenvalue weighted by atomic mass is 9.56. The Kier molecular flexibility index (Phi) is 5.26. The van der Waals surface area contributed by atoms with Crippen molar-refractivity contribution in [3.05, 3.63) is 63.7 Å². The van der Waals surface area contributed by atoms with Gasteiger partial charge in [-0.2, -0.15) is 0 Å². The van der Waals surface area contributed by atoms with Crippen molar-refractivity contribution in [3.63, 3.8) is 0 Å². The molecule has 158 valence electrons. The van der Waals surface area contributed by atoms with E-state index in [4.69, 9.17) is 0 Å². The standard InChI is InChI=1S/C24H27NO3S2/c1-24-13-12-20-19-9-5-17(26)14-15(19)2-8-21(20)22(24)10-11-23(24)30-29-18-6-3-16(4-7-18)25(27)28/h3-7,9,14,20-23,26H,2,8,10-13H2,1H3/t20-,21-,22+,23?,24+/m1/s1. The van der Waals surface area contributed by atoms with Crippen molar-refractivity contribution in [2.45, 2.75) is 61.5 Å². The molecule has 5 rings (SSSR count). The summed E-state index contributed by atoms with van der Waals surface area (Å²) in [7, 11) is 3.75. The van der Waals surface area contributed by atoms with E-state index in [0.717, 1.165) is 23.2 Å². The predicted octanol–water partition coefficient (Wildman–Crippen LogP) is 6.97. The van der Waals surface area contributed by atoms with Crippen LogP contribution in [0.25, 0.3) is 0 Å². The van der Waals surface area contributed by atoms with Gasteiger partial charge in [-0.1, -0.05) is 34.6 Å². The Morgan fingerprint density at radius 1 is 1.10 bits per heavy atom. The molecule has 5 atom stereocenters. The zero-order valence-corrected chi connectivity index (χ0v) is 18.8. The van der Waals surface area contributed by atoms with Crippen LogP contribution in [0.5, 0.6) is 5.75 Å². The van der Waals surface area contributed by atoms with Gasteiger partial charge >= 0.3 is 0 Å². The zero-order valence-electron chi connectivity index (χ0n) is 17.1. The van der Waals surface area contributed by atoms with Gasteiger partial charge in [-0.25, -0.2) is 0 Å². The lowest BCUT2D eigenvalue weighted by Crippen LogP contribution is -2.43. The molecule has 2 saturated carbocycles. The summed E-state index contributed by atoms with van der Waals surface area (Å²) in [6.45, 7) is 2.52. The van der Waals surface area contributed by atoms with Crippen LogP contribution in [-0.2, 0) is 6.42 Å². The van der Waals surface area contributed by atoms with Gasteiger partial charge in [-0.15, -0.1) is 0 Å². The molecule has 0 spiro atoms. The van der Waals surface area contributed by atoms with Crippen molar-refractivity contribution in [1.82, 2.24) is 0 Å². The molecule has 0 heterocycles. The van der Waals surface area contributed by atoms with Gasteiger partial charge in [-0.05, 0) is 97.1 Å². The summed E-state index contributed by atoms with van der Waals surface area (Å²) >= 11 is 0. The fourth-order valence-corrected chi connectivity index (χ4v) is 9.60. The molecule has 2 fully saturated rings. The predicted molar refractivity (Wildman–Crippen MR) is 123 cm³/mol. The number of hydrogen-bond donors (Lipinski definition) is 1. The van der Waals surface area contributed by atoms with Gasteiger partial charge in [0.15, 0.2) is 0 Å². The van der Waals surface area contributed by atoms with E-state index in [2.05, 4.69) is 13.0 Å². The number of nitrogens with zero attached hydrogens (tertiary/aromatic N) is 1. The molecule has 6 heteroatoms. The van der Waals surface area contributed by atoms with Crippen molar-refractivity contribution in [2.24, 2.45) is 17.3 Å². The Morgan fingerprint density at radius 3 is 2.67 bits per heavy atom. The summed E-state index contributed by atoms with van der Waals surface area (Å²) < 4.78 is 0. The molecule has 3 aliphatic rings. The number of benzene rings is 2. The largest absolute Gasteiger partial charge is 0.508 e. The number of phenols is 1. The van der Waals surface area contributed by atoms with Crippen LogP contribution in [0.3, 0.4) is 0 Å². The topological polar surface area (TPSA) is 63.4 Å². The molecule has 2 aromatic rings. The van der Waals surface area contributed by atoms with Gasteiger partial charge in [0.2, 0.25) is 0 Å². The van der Waals surface area contributed by atoms with E-state index in [1.165, 1.54) is 43.2 Å². The van der Waals surface area contributed by atoms with Crippen LogP contribution in [0.15, 0.2) is 47.4 Å². The normalized spacial score (nSPS) is 32.2. The van der Waals surface area contributed by atoms with Gasteiger partial charge in [0.1, 0.15) is 5.75 Å². The van der Waals surface area contributed by atoms with Crippen LogP contribution >= 0.6 is 21.6 Å². The van der Waals surface area contributed by atoms with Gasteiger partial charge in [-0.3, -0.25) is 10.1 Å². The summed E-state index contributed by atoms with van der Waals surface area (Å²) in [5.41, 5.74) is 3.37. The van der Waals surface area contributed by atoms with E-state index >= 15 is 0 Å².